The molecule has 0 aliphatic carbocycles. The molecule has 0 atom stereocenters. The van der Waals surface area contributed by atoms with Gasteiger partial charge in [0.2, 0.25) is 0 Å². The molecule has 1 rings (SSSR count). The normalized spacial score (nSPS) is 10.4. The van der Waals surface area contributed by atoms with Crippen molar-refractivity contribution in [3.63, 3.8) is 0 Å². The Morgan fingerprint density at radius 3 is 3.08 bits per heavy atom. The van der Waals surface area contributed by atoms with Gasteiger partial charge in [0.15, 0.2) is 0 Å². The molecule has 0 aromatic carbocycles. The summed E-state index contributed by atoms with van der Waals surface area (Å²) in [4.78, 5) is 4.18. The quantitative estimate of drug-likeness (QED) is 0.625. The summed E-state index contributed by atoms with van der Waals surface area (Å²) in [6.07, 6.45) is 1.64. The number of methoxy groups -OCH3 is 1. The van der Waals surface area contributed by atoms with Crippen LogP contribution in [0.2, 0.25) is 5.02 Å². The lowest BCUT2D eigenvalue weighted by atomic mass is 10.5. The Labute approximate surface area is 95.2 Å². The maximum absolute atomic E-state index is 5.75. The fourth-order valence-corrected chi connectivity index (χ4v) is 2.48. The second-order valence-electron chi connectivity index (χ2n) is 2.28. The van der Waals surface area contributed by atoms with Crippen LogP contribution in [0.25, 0.3) is 0 Å². The van der Waals surface area contributed by atoms with E-state index in [1.165, 1.54) is 0 Å². The standard InChI is InChI=1S/C8H9BrClNOS/c1-12-2-3-13-8-7(9)4-6(10)5-11-8/h4-5H,2-3H2,1H3. The number of pyridine rings is 1. The molecule has 0 spiro atoms. The van der Waals surface area contributed by atoms with Gasteiger partial charge in [-0.1, -0.05) is 11.6 Å². The highest BCUT2D eigenvalue weighted by molar-refractivity contribution is 9.10. The van der Waals surface area contributed by atoms with E-state index < -0.39 is 0 Å². The summed E-state index contributed by atoms with van der Waals surface area (Å²) in [5.74, 6) is 0.893. The molecule has 0 unspecified atom stereocenters. The highest BCUT2D eigenvalue weighted by Crippen LogP contribution is 2.27. The van der Waals surface area contributed by atoms with Gasteiger partial charge in [-0.2, -0.15) is 0 Å². The Kier molecular flexibility index (Phi) is 5.09. The first-order valence-electron chi connectivity index (χ1n) is 3.67. The van der Waals surface area contributed by atoms with Crippen molar-refractivity contribution < 1.29 is 4.74 Å². The van der Waals surface area contributed by atoms with E-state index in [9.17, 15) is 0 Å². The number of thioether (sulfide) groups is 1. The van der Waals surface area contributed by atoms with Crippen molar-refractivity contribution in [1.82, 2.24) is 4.98 Å². The largest absolute Gasteiger partial charge is 0.384 e. The van der Waals surface area contributed by atoms with E-state index >= 15 is 0 Å². The molecule has 0 fully saturated rings. The van der Waals surface area contributed by atoms with Gasteiger partial charge in [0.1, 0.15) is 5.03 Å². The van der Waals surface area contributed by atoms with Crippen molar-refractivity contribution in [2.75, 3.05) is 19.5 Å². The van der Waals surface area contributed by atoms with Gasteiger partial charge in [-0.15, -0.1) is 11.8 Å². The molecule has 1 heterocycles. The minimum absolute atomic E-state index is 0.642. The van der Waals surface area contributed by atoms with Crippen LogP contribution in [-0.2, 0) is 4.74 Å². The second kappa shape index (κ2) is 5.86. The van der Waals surface area contributed by atoms with Crippen molar-refractivity contribution in [3.05, 3.63) is 21.8 Å². The minimum atomic E-state index is 0.642. The van der Waals surface area contributed by atoms with Crippen LogP contribution in [0.4, 0.5) is 0 Å². The molecule has 1 aromatic heterocycles. The smallest absolute Gasteiger partial charge is 0.110 e. The summed E-state index contributed by atoms with van der Waals surface area (Å²) in [7, 11) is 1.69. The van der Waals surface area contributed by atoms with Crippen LogP contribution < -0.4 is 0 Å². The van der Waals surface area contributed by atoms with E-state index in [2.05, 4.69) is 20.9 Å². The molecule has 0 amide bonds. The van der Waals surface area contributed by atoms with E-state index in [-0.39, 0.29) is 0 Å². The van der Waals surface area contributed by atoms with Crippen LogP contribution in [0.3, 0.4) is 0 Å². The molecular weight excluding hydrogens is 274 g/mol. The van der Waals surface area contributed by atoms with Crippen molar-refractivity contribution in [2.24, 2.45) is 0 Å². The van der Waals surface area contributed by atoms with E-state index in [0.717, 1.165) is 21.9 Å². The fraction of sp³-hybridized carbons (Fsp3) is 0.375. The summed E-state index contributed by atoms with van der Waals surface area (Å²) < 4.78 is 5.87. The third-order valence-electron chi connectivity index (χ3n) is 1.30. The van der Waals surface area contributed by atoms with Crippen LogP contribution in [-0.4, -0.2) is 24.5 Å². The van der Waals surface area contributed by atoms with Crippen LogP contribution in [0, 0.1) is 0 Å². The average molecular weight is 283 g/mol. The molecule has 0 radical (unpaired) electrons. The van der Waals surface area contributed by atoms with Crippen LogP contribution in [0.15, 0.2) is 21.8 Å². The first-order chi connectivity index (χ1) is 6.24. The van der Waals surface area contributed by atoms with Gasteiger partial charge < -0.3 is 4.74 Å². The van der Waals surface area contributed by atoms with Crippen LogP contribution >= 0.6 is 39.3 Å². The Morgan fingerprint density at radius 2 is 2.46 bits per heavy atom. The van der Waals surface area contributed by atoms with E-state index in [1.807, 2.05) is 6.07 Å². The summed E-state index contributed by atoms with van der Waals surface area (Å²) in [5, 5.41) is 1.59. The van der Waals surface area contributed by atoms with Gasteiger partial charge in [0.05, 0.1) is 16.1 Å². The second-order valence-corrected chi connectivity index (χ2v) is 4.66. The van der Waals surface area contributed by atoms with Gasteiger partial charge in [0, 0.05) is 19.1 Å². The Bertz CT molecular complexity index is 285. The molecule has 1 aromatic rings. The fourth-order valence-electron chi connectivity index (χ4n) is 0.730. The molecule has 0 N–H and O–H groups in total. The van der Waals surface area contributed by atoms with E-state index in [1.54, 1.807) is 25.1 Å². The SMILES string of the molecule is COCCSc1ncc(Cl)cc1Br. The maximum atomic E-state index is 5.75. The number of nitrogens with zero attached hydrogens (tertiary/aromatic N) is 1. The van der Waals surface area contributed by atoms with Crippen molar-refractivity contribution in [1.29, 1.82) is 0 Å². The number of hydrogen-bond acceptors (Lipinski definition) is 3. The summed E-state index contributed by atoms with van der Waals surface area (Å²) in [6, 6.07) is 1.84. The molecule has 0 saturated heterocycles. The minimum Gasteiger partial charge on any atom is -0.384 e. The average Bonchev–Trinajstić information content (AvgIpc) is 2.09. The molecular formula is C8H9BrClNOS. The Morgan fingerprint density at radius 1 is 1.69 bits per heavy atom. The van der Waals surface area contributed by atoms with Crippen molar-refractivity contribution in [3.8, 4) is 0 Å². The van der Waals surface area contributed by atoms with Gasteiger partial charge in [-0.3, -0.25) is 0 Å². The third-order valence-corrected chi connectivity index (χ3v) is 3.34. The predicted molar refractivity (Wildman–Crippen MR) is 59.5 cm³/mol. The monoisotopic (exact) mass is 281 g/mol. The zero-order valence-electron chi connectivity index (χ0n) is 7.09. The molecule has 72 valence electrons. The highest BCUT2D eigenvalue weighted by atomic mass is 79.9. The topological polar surface area (TPSA) is 22.1 Å². The third kappa shape index (κ3) is 3.85. The molecule has 0 aliphatic rings. The molecule has 13 heavy (non-hydrogen) atoms. The number of ether oxygens (including phenoxy) is 1. The van der Waals surface area contributed by atoms with E-state index in [0.29, 0.717) is 5.02 Å². The van der Waals surface area contributed by atoms with Gasteiger partial charge in [-0.25, -0.2) is 4.98 Å². The molecule has 0 bridgehead atoms. The highest BCUT2D eigenvalue weighted by Gasteiger charge is 2.02. The molecule has 5 heteroatoms. The first kappa shape index (κ1) is 11.3. The lowest BCUT2D eigenvalue weighted by Crippen LogP contribution is -1.92. The lowest BCUT2D eigenvalue weighted by molar-refractivity contribution is 0.218. The van der Waals surface area contributed by atoms with Crippen molar-refractivity contribution in [2.45, 2.75) is 5.03 Å². The van der Waals surface area contributed by atoms with Gasteiger partial charge >= 0.3 is 0 Å². The lowest BCUT2D eigenvalue weighted by Gasteiger charge is -2.02. The summed E-state index contributed by atoms with van der Waals surface area (Å²) in [6.45, 7) is 0.724. The number of hydrogen-bond donors (Lipinski definition) is 0. The van der Waals surface area contributed by atoms with Gasteiger partial charge in [0.25, 0.3) is 0 Å². The summed E-state index contributed by atoms with van der Waals surface area (Å²) in [5.41, 5.74) is 0. The zero-order chi connectivity index (χ0) is 9.68. The summed E-state index contributed by atoms with van der Waals surface area (Å²) >= 11 is 10.8. The Balaban J connectivity index is 2.56. The van der Waals surface area contributed by atoms with E-state index in [4.69, 9.17) is 16.3 Å². The zero-order valence-corrected chi connectivity index (χ0v) is 10.2. The Hall–Kier alpha value is 0.230. The molecule has 0 saturated carbocycles. The first-order valence-corrected chi connectivity index (χ1v) is 5.82. The van der Waals surface area contributed by atoms with Crippen LogP contribution in [0.5, 0.6) is 0 Å². The molecule has 0 aliphatic heterocycles. The number of halogens is 2. The number of aromatic nitrogens is 1. The van der Waals surface area contributed by atoms with Gasteiger partial charge in [-0.05, 0) is 22.0 Å². The molecule has 2 nitrogen and oxygen atoms in total. The maximum Gasteiger partial charge on any atom is 0.110 e. The van der Waals surface area contributed by atoms with Crippen molar-refractivity contribution >= 4 is 39.3 Å². The predicted octanol–water partition coefficient (Wildman–Crippen LogP) is 3.24. The number of rotatable bonds is 4. The van der Waals surface area contributed by atoms with Crippen LogP contribution in [0.1, 0.15) is 0 Å².